The van der Waals surface area contributed by atoms with E-state index in [4.69, 9.17) is 14.2 Å². The summed E-state index contributed by atoms with van der Waals surface area (Å²) in [7, 11) is 1.61. The van der Waals surface area contributed by atoms with Gasteiger partial charge >= 0.3 is 0 Å². The number of aliphatic imine (C=N–C) groups is 1. The van der Waals surface area contributed by atoms with E-state index in [-0.39, 0.29) is 30.5 Å². The molecular formula is C21H28IN3O4. The van der Waals surface area contributed by atoms with Crippen LogP contribution in [0.15, 0.2) is 47.5 Å². The van der Waals surface area contributed by atoms with Crippen LogP contribution in [0.2, 0.25) is 0 Å². The molecule has 0 fully saturated rings. The van der Waals surface area contributed by atoms with E-state index in [0.29, 0.717) is 25.7 Å². The average Bonchev–Trinajstić information content (AvgIpc) is 2.97. The largest absolute Gasteiger partial charge is 0.497 e. The van der Waals surface area contributed by atoms with E-state index in [2.05, 4.69) is 15.6 Å². The van der Waals surface area contributed by atoms with Crippen molar-refractivity contribution in [1.29, 1.82) is 0 Å². The zero-order chi connectivity index (χ0) is 19.8. The first-order chi connectivity index (χ1) is 13.7. The Hall–Kier alpha value is -2.20. The summed E-state index contributed by atoms with van der Waals surface area (Å²) in [5.41, 5.74) is 1.62. The molecule has 0 amide bonds. The molecule has 1 aliphatic heterocycles. The van der Waals surface area contributed by atoms with Crippen LogP contribution < -0.4 is 24.8 Å². The van der Waals surface area contributed by atoms with Gasteiger partial charge in [-0.05, 0) is 36.8 Å². The monoisotopic (exact) mass is 513 g/mol. The summed E-state index contributed by atoms with van der Waals surface area (Å²) in [5.74, 6) is 2.81. The number of nitrogens with zero attached hydrogens (tertiary/aromatic N) is 1. The van der Waals surface area contributed by atoms with Gasteiger partial charge in [0.25, 0.3) is 0 Å². The van der Waals surface area contributed by atoms with Gasteiger partial charge in [-0.3, -0.25) is 0 Å². The Kier molecular flexibility index (Phi) is 9.33. The minimum atomic E-state index is -0.704. The number of hydrogen-bond donors (Lipinski definition) is 3. The summed E-state index contributed by atoms with van der Waals surface area (Å²) in [6.07, 6.45) is 0.162. The van der Waals surface area contributed by atoms with Crippen LogP contribution in [0.25, 0.3) is 0 Å². The maximum atomic E-state index is 10.4. The summed E-state index contributed by atoms with van der Waals surface area (Å²) in [5, 5.41) is 16.8. The van der Waals surface area contributed by atoms with Crippen LogP contribution in [0.4, 0.5) is 5.69 Å². The fraction of sp³-hybridized carbons (Fsp3) is 0.381. The van der Waals surface area contributed by atoms with Crippen LogP contribution in [0.1, 0.15) is 25.0 Å². The molecule has 1 atom stereocenters. The lowest BCUT2D eigenvalue weighted by molar-refractivity contribution is 0.187. The number of anilines is 1. The van der Waals surface area contributed by atoms with Gasteiger partial charge in [0.1, 0.15) is 5.75 Å². The molecule has 29 heavy (non-hydrogen) atoms. The molecule has 8 heteroatoms. The quantitative estimate of drug-likeness (QED) is 0.311. The maximum Gasteiger partial charge on any atom is 0.195 e. The molecule has 3 N–H and O–H groups in total. The van der Waals surface area contributed by atoms with E-state index in [1.54, 1.807) is 7.11 Å². The molecular weight excluding hydrogens is 485 g/mol. The van der Waals surface area contributed by atoms with E-state index in [1.807, 2.05) is 49.4 Å². The van der Waals surface area contributed by atoms with Gasteiger partial charge in [0.05, 0.1) is 33.0 Å². The van der Waals surface area contributed by atoms with Gasteiger partial charge in [-0.1, -0.05) is 12.1 Å². The molecule has 1 heterocycles. The highest BCUT2D eigenvalue weighted by Gasteiger charge is 2.12. The highest BCUT2D eigenvalue weighted by atomic mass is 127. The summed E-state index contributed by atoms with van der Waals surface area (Å²) >= 11 is 0. The number of aliphatic hydroxyl groups excluding tert-OH is 1. The van der Waals surface area contributed by atoms with Crippen molar-refractivity contribution in [1.82, 2.24) is 5.32 Å². The van der Waals surface area contributed by atoms with E-state index in [1.165, 1.54) is 0 Å². The van der Waals surface area contributed by atoms with Crippen molar-refractivity contribution >= 4 is 35.6 Å². The summed E-state index contributed by atoms with van der Waals surface area (Å²) in [6.45, 7) is 4.22. The predicted molar refractivity (Wildman–Crippen MR) is 125 cm³/mol. The third-order valence-electron chi connectivity index (χ3n) is 4.28. The first-order valence-electron chi connectivity index (χ1n) is 9.46. The van der Waals surface area contributed by atoms with Gasteiger partial charge in [-0.25, -0.2) is 4.99 Å². The number of aliphatic hydroxyl groups is 1. The van der Waals surface area contributed by atoms with Crippen LogP contribution in [-0.4, -0.2) is 44.5 Å². The summed E-state index contributed by atoms with van der Waals surface area (Å²) < 4.78 is 16.5. The van der Waals surface area contributed by atoms with Crippen LogP contribution in [0.3, 0.4) is 0 Å². The zero-order valence-corrected chi connectivity index (χ0v) is 19.0. The number of nitrogens with one attached hydrogen (secondary N) is 2. The number of guanidine groups is 1. The maximum absolute atomic E-state index is 10.4. The topological polar surface area (TPSA) is 84.3 Å². The molecule has 0 radical (unpaired) electrons. The molecule has 3 rings (SSSR count). The van der Waals surface area contributed by atoms with E-state index in [9.17, 15) is 5.11 Å². The Morgan fingerprint density at radius 1 is 1.14 bits per heavy atom. The molecule has 0 saturated heterocycles. The third-order valence-corrected chi connectivity index (χ3v) is 4.28. The van der Waals surface area contributed by atoms with Crippen LogP contribution in [0, 0.1) is 0 Å². The lowest BCUT2D eigenvalue weighted by atomic mass is 10.1. The normalized spacial score (nSPS) is 14.2. The Labute approximate surface area is 188 Å². The summed E-state index contributed by atoms with van der Waals surface area (Å²) in [6, 6.07) is 13.0. The molecule has 0 saturated carbocycles. The Balaban J connectivity index is 0.00000300. The number of rotatable bonds is 6. The molecule has 1 unspecified atom stereocenters. The van der Waals surface area contributed by atoms with Crippen molar-refractivity contribution < 1.29 is 19.3 Å². The number of fused-ring (bicyclic) bond motifs is 1. The Bertz CT molecular complexity index is 799. The molecule has 158 valence electrons. The van der Waals surface area contributed by atoms with E-state index < -0.39 is 6.10 Å². The predicted octanol–water partition coefficient (Wildman–Crippen LogP) is 3.59. The van der Waals surface area contributed by atoms with Crippen molar-refractivity contribution in [3.63, 3.8) is 0 Å². The van der Waals surface area contributed by atoms with Crippen LogP contribution in [-0.2, 0) is 0 Å². The van der Waals surface area contributed by atoms with Gasteiger partial charge in [0.15, 0.2) is 17.5 Å². The second kappa shape index (κ2) is 11.7. The SMILES string of the molecule is CCNC(=NCC(O)c1ccc(OC)cc1)Nc1ccc2c(c1)OCCCO2.I. The van der Waals surface area contributed by atoms with Crippen molar-refractivity contribution in [3.05, 3.63) is 48.0 Å². The van der Waals surface area contributed by atoms with Crippen LogP contribution in [0.5, 0.6) is 17.2 Å². The third kappa shape index (κ3) is 6.67. The molecule has 2 aromatic rings. The first kappa shape index (κ1) is 23.1. The highest BCUT2D eigenvalue weighted by molar-refractivity contribution is 14.0. The van der Waals surface area contributed by atoms with Gasteiger partial charge < -0.3 is 30.0 Å². The van der Waals surface area contributed by atoms with Crippen molar-refractivity contribution in [3.8, 4) is 17.2 Å². The van der Waals surface area contributed by atoms with Crippen molar-refractivity contribution in [2.24, 2.45) is 4.99 Å². The molecule has 2 aromatic carbocycles. The number of methoxy groups -OCH3 is 1. The average molecular weight is 513 g/mol. The smallest absolute Gasteiger partial charge is 0.195 e. The molecule has 1 aliphatic rings. The second-order valence-electron chi connectivity index (χ2n) is 6.35. The lowest BCUT2D eigenvalue weighted by Crippen LogP contribution is -2.31. The number of benzene rings is 2. The summed E-state index contributed by atoms with van der Waals surface area (Å²) in [4.78, 5) is 4.50. The molecule has 7 nitrogen and oxygen atoms in total. The van der Waals surface area contributed by atoms with Crippen molar-refractivity contribution in [2.75, 3.05) is 38.7 Å². The fourth-order valence-electron chi connectivity index (χ4n) is 2.79. The number of hydrogen-bond acceptors (Lipinski definition) is 5. The number of ether oxygens (including phenoxy) is 3. The van der Waals surface area contributed by atoms with Gasteiger partial charge in [0, 0.05) is 24.7 Å². The first-order valence-corrected chi connectivity index (χ1v) is 9.46. The number of halogens is 1. The Morgan fingerprint density at radius 2 is 1.86 bits per heavy atom. The fourth-order valence-corrected chi connectivity index (χ4v) is 2.79. The van der Waals surface area contributed by atoms with Gasteiger partial charge in [0.2, 0.25) is 0 Å². The standard InChI is InChI=1S/C21H27N3O4.HI/c1-3-22-21(23-14-18(25)15-5-8-17(26-2)9-6-15)24-16-7-10-19-20(13-16)28-12-4-11-27-19;/h5-10,13,18,25H,3-4,11-12,14H2,1-2H3,(H2,22,23,24);1H. The second-order valence-corrected chi connectivity index (χ2v) is 6.35. The minimum absolute atomic E-state index is 0. The molecule has 0 spiro atoms. The zero-order valence-electron chi connectivity index (χ0n) is 16.7. The van der Waals surface area contributed by atoms with E-state index >= 15 is 0 Å². The highest BCUT2D eigenvalue weighted by Crippen LogP contribution is 2.32. The molecule has 0 aromatic heterocycles. The molecule has 0 bridgehead atoms. The van der Waals surface area contributed by atoms with Gasteiger partial charge in [-0.2, -0.15) is 0 Å². The van der Waals surface area contributed by atoms with Crippen molar-refractivity contribution in [2.45, 2.75) is 19.4 Å². The lowest BCUT2D eigenvalue weighted by Gasteiger charge is -2.15. The minimum Gasteiger partial charge on any atom is -0.497 e. The Morgan fingerprint density at radius 3 is 2.55 bits per heavy atom. The van der Waals surface area contributed by atoms with E-state index in [0.717, 1.165) is 34.9 Å². The van der Waals surface area contributed by atoms with Gasteiger partial charge in [-0.15, -0.1) is 24.0 Å². The molecule has 0 aliphatic carbocycles. The van der Waals surface area contributed by atoms with Crippen LogP contribution >= 0.6 is 24.0 Å².